The second-order valence-electron chi connectivity index (χ2n) is 5.34. The van der Waals surface area contributed by atoms with Crippen molar-refractivity contribution < 1.29 is 12.8 Å². The third-order valence-electron chi connectivity index (χ3n) is 3.55. The van der Waals surface area contributed by atoms with Crippen LogP contribution in [-0.4, -0.2) is 46.0 Å². The van der Waals surface area contributed by atoms with E-state index in [9.17, 15) is 8.42 Å². The van der Waals surface area contributed by atoms with E-state index in [2.05, 4.69) is 21.9 Å². The normalized spacial score (nSPS) is 16.6. The molecule has 6 nitrogen and oxygen atoms in total. The van der Waals surface area contributed by atoms with Crippen LogP contribution in [0.4, 0.5) is 0 Å². The van der Waals surface area contributed by atoms with E-state index in [1.165, 1.54) is 18.9 Å². The maximum Gasteiger partial charge on any atom is 0.274 e. The van der Waals surface area contributed by atoms with E-state index >= 15 is 0 Å². The molecule has 0 radical (unpaired) electrons. The topological polar surface area (TPSA) is 74.6 Å². The number of likely N-dealkylation sites (tertiary alicyclic amines) is 1. The standard InChI is InChI=1S/C14H25N3O3S/c1-2-7-15-12-13-5-6-14(20-13)21(18,19)16-8-11-17-9-3-4-10-17/h5-6,15-16H,2-4,7-12H2,1H3. The molecule has 120 valence electrons. The highest BCUT2D eigenvalue weighted by molar-refractivity contribution is 7.89. The fraction of sp³-hybridized carbons (Fsp3) is 0.714. The van der Waals surface area contributed by atoms with Crippen molar-refractivity contribution in [1.29, 1.82) is 0 Å². The third-order valence-corrected chi connectivity index (χ3v) is 4.88. The summed E-state index contributed by atoms with van der Waals surface area (Å²) in [4.78, 5) is 2.27. The van der Waals surface area contributed by atoms with Gasteiger partial charge in [-0.25, -0.2) is 13.1 Å². The summed E-state index contributed by atoms with van der Waals surface area (Å²) in [5.41, 5.74) is 0. The maximum atomic E-state index is 12.1. The maximum absolute atomic E-state index is 12.1. The summed E-state index contributed by atoms with van der Waals surface area (Å²) < 4.78 is 32.2. The van der Waals surface area contributed by atoms with Crippen LogP contribution in [0.5, 0.6) is 0 Å². The van der Waals surface area contributed by atoms with Crippen molar-refractivity contribution in [3.8, 4) is 0 Å². The molecule has 1 aromatic heterocycles. The number of sulfonamides is 1. The smallest absolute Gasteiger partial charge is 0.274 e. The zero-order valence-corrected chi connectivity index (χ0v) is 13.4. The molecule has 0 aliphatic carbocycles. The third kappa shape index (κ3) is 5.10. The van der Waals surface area contributed by atoms with Crippen LogP contribution in [0.3, 0.4) is 0 Å². The molecule has 0 amide bonds. The molecule has 1 fully saturated rings. The first-order valence-electron chi connectivity index (χ1n) is 7.63. The van der Waals surface area contributed by atoms with Crippen LogP contribution < -0.4 is 10.0 Å². The molecule has 21 heavy (non-hydrogen) atoms. The molecule has 2 rings (SSSR count). The lowest BCUT2D eigenvalue weighted by Gasteiger charge is -2.14. The van der Waals surface area contributed by atoms with E-state index in [0.717, 1.165) is 32.6 Å². The average molecular weight is 315 g/mol. The Morgan fingerprint density at radius 2 is 2.00 bits per heavy atom. The van der Waals surface area contributed by atoms with Gasteiger partial charge in [-0.15, -0.1) is 0 Å². The van der Waals surface area contributed by atoms with Crippen molar-refractivity contribution in [2.75, 3.05) is 32.7 Å². The molecule has 0 spiro atoms. The number of nitrogens with zero attached hydrogens (tertiary/aromatic N) is 1. The Morgan fingerprint density at radius 1 is 1.24 bits per heavy atom. The second kappa shape index (κ2) is 7.93. The Hall–Kier alpha value is -0.890. The number of hydrogen-bond donors (Lipinski definition) is 2. The van der Waals surface area contributed by atoms with Crippen LogP contribution in [0, 0.1) is 0 Å². The minimum absolute atomic E-state index is 0.00257. The summed E-state index contributed by atoms with van der Waals surface area (Å²) in [6.07, 6.45) is 3.45. The minimum Gasteiger partial charge on any atom is -0.447 e. The van der Waals surface area contributed by atoms with Gasteiger partial charge < -0.3 is 14.6 Å². The van der Waals surface area contributed by atoms with E-state index < -0.39 is 10.0 Å². The molecule has 2 N–H and O–H groups in total. The molecule has 0 aromatic carbocycles. The zero-order valence-electron chi connectivity index (χ0n) is 12.6. The van der Waals surface area contributed by atoms with Gasteiger partial charge >= 0.3 is 0 Å². The fourth-order valence-electron chi connectivity index (χ4n) is 2.40. The average Bonchev–Trinajstić information content (AvgIpc) is 3.10. The summed E-state index contributed by atoms with van der Waals surface area (Å²) in [6.45, 7) is 6.83. The summed E-state index contributed by atoms with van der Waals surface area (Å²) in [6, 6.07) is 3.22. The van der Waals surface area contributed by atoms with Crippen molar-refractivity contribution in [3.05, 3.63) is 17.9 Å². The molecular formula is C14H25N3O3S. The number of hydrogen-bond acceptors (Lipinski definition) is 5. The van der Waals surface area contributed by atoms with E-state index in [1.807, 2.05) is 0 Å². The Bertz CT molecular complexity index is 521. The zero-order chi connectivity index (χ0) is 15.1. The molecule has 0 saturated carbocycles. The van der Waals surface area contributed by atoms with Crippen LogP contribution in [0.25, 0.3) is 0 Å². The van der Waals surface area contributed by atoms with Gasteiger partial charge in [-0.05, 0) is 51.0 Å². The molecule has 0 atom stereocenters. The number of furan rings is 1. The van der Waals surface area contributed by atoms with Gasteiger partial charge in [0.2, 0.25) is 5.09 Å². The molecule has 0 unspecified atom stereocenters. The summed E-state index contributed by atoms with van der Waals surface area (Å²) in [5, 5.41) is 3.18. The van der Waals surface area contributed by atoms with E-state index in [1.54, 1.807) is 6.07 Å². The predicted molar refractivity (Wildman–Crippen MR) is 81.6 cm³/mol. The Balaban J connectivity index is 1.80. The van der Waals surface area contributed by atoms with Crippen molar-refractivity contribution in [2.24, 2.45) is 0 Å². The number of rotatable bonds is 9. The summed E-state index contributed by atoms with van der Waals surface area (Å²) in [5.74, 6) is 0.642. The molecule has 1 aliphatic rings. The molecule has 7 heteroatoms. The van der Waals surface area contributed by atoms with Gasteiger partial charge in [0.25, 0.3) is 10.0 Å². The van der Waals surface area contributed by atoms with Crippen LogP contribution in [-0.2, 0) is 16.6 Å². The van der Waals surface area contributed by atoms with Gasteiger partial charge in [0.05, 0.1) is 6.54 Å². The van der Waals surface area contributed by atoms with Crippen molar-refractivity contribution >= 4 is 10.0 Å². The predicted octanol–water partition coefficient (Wildman–Crippen LogP) is 1.15. The highest BCUT2D eigenvalue weighted by Crippen LogP contribution is 2.13. The second-order valence-corrected chi connectivity index (χ2v) is 7.04. The highest BCUT2D eigenvalue weighted by Gasteiger charge is 2.19. The first-order chi connectivity index (χ1) is 10.1. The molecule has 1 aromatic rings. The Kier molecular flexibility index (Phi) is 6.22. The molecule has 1 saturated heterocycles. The van der Waals surface area contributed by atoms with Crippen LogP contribution >= 0.6 is 0 Å². The monoisotopic (exact) mass is 315 g/mol. The molecule has 1 aliphatic heterocycles. The number of nitrogens with one attached hydrogen (secondary N) is 2. The highest BCUT2D eigenvalue weighted by atomic mass is 32.2. The summed E-state index contributed by atoms with van der Waals surface area (Å²) >= 11 is 0. The Morgan fingerprint density at radius 3 is 2.71 bits per heavy atom. The SMILES string of the molecule is CCCNCc1ccc(S(=O)(=O)NCCN2CCCC2)o1. The van der Waals surface area contributed by atoms with E-state index in [4.69, 9.17) is 4.42 Å². The van der Waals surface area contributed by atoms with E-state index in [0.29, 0.717) is 18.8 Å². The van der Waals surface area contributed by atoms with Crippen molar-refractivity contribution in [2.45, 2.75) is 37.8 Å². The lowest BCUT2D eigenvalue weighted by atomic mass is 10.4. The van der Waals surface area contributed by atoms with Crippen molar-refractivity contribution in [3.63, 3.8) is 0 Å². The van der Waals surface area contributed by atoms with Crippen molar-refractivity contribution in [1.82, 2.24) is 14.9 Å². The Labute approximate surface area is 126 Å². The van der Waals surface area contributed by atoms with Crippen LogP contribution in [0.15, 0.2) is 21.6 Å². The summed E-state index contributed by atoms with van der Waals surface area (Å²) in [7, 11) is -3.53. The first-order valence-corrected chi connectivity index (χ1v) is 9.11. The van der Waals surface area contributed by atoms with Gasteiger partial charge in [0.1, 0.15) is 5.76 Å². The lowest BCUT2D eigenvalue weighted by molar-refractivity contribution is 0.342. The fourth-order valence-corrected chi connectivity index (χ4v) is 3.37. The van der Waals surface area contributed by atoms with Gasteiger partial charge in [0, 0.05) is 13.1 Å². The molecule has 2 heterocycles. The van der Waals surface area contributed by atoms with Gasteiger partial charge in [-0.2, -0.15) is 0 Å². The minimum atomic E-state index is -3.53. The van der Waals surface area contributed by atoms with Gasteiger partial charge in [-0.3, -0.25) is 0 Å². The van der Waals surface area contributed by atoms with Crippen LogP contribution in [0.1, 0.15) is 31.9 Å². The first kappa shape index (κ1) is 16.5. The molecule has 0 bridgehead atoms. The van der Waals surface area contributed by atoms with Gasteiger partial charge in [-0.1, -0.05) is 6.92 Å². The van der Waals surface area contributed by atoms with Gasteiger partial charge in [0.15, 0.2) is 0 Å². The van der Waals surface area contributed by atoms with Crippen LogP contribution in [0.2, 0.25) is 0 Å². The quantitative estimate of drug-likeness (QED) is 0.669. The largest absolute Gasteiger partial charge is 0.447 e. The van der Waals surface area contributed by atoms with E-state index in [-0.39, 0.29) is 5.09 Å². The molecular weight excluding hydrogens is 290 g/mol. The lowest BCUT2D eigenvalue weighted by Crippen LogP contribution is -2.33.